The Morgan fingerprint density at radius 2 is 1.92 bits per heavy atom. The molecule has 25 heavy (non-hydrogen) atoms. The Morgan fingerprint density at radius 1 is 1.28 bits per heavy atom. The van der Waals surface area contributed by atoms with Gasteiger partial charge in [0.1, 0.15) is 12.3 Å². The molecule has 0 spiro atoms. The monoisotopic (exact) mass is 388 g/mol. The lowest BCUT2D eigenvalue weighted by Crippen LogP contribution is -2.44. The van der Waals surface area contributed by atoms with Gasteiger partial charge in [-0.1, -0.05) is 37.3 Å². The van der Waals surface area contributed by atoms with E-state index >= 15 is 0 Å². The molecule has 0 aromatic heterocycles. The van der Waals surface area contributed by atoms with Crippen LogP contribution in [0, 0.1) is 0 Å². The Morgan fingerprint density at radius 3 is 2.44 bits per heavy atom. The number of hydrogen-bond acceptors (Lipinski definition) is 4. The largest absolute Gasteiger partial charge is 0.495 e. The van der Waals surface area contributed by atoms with Crippen molar-refractivity contribution in [3.05, 3.63) is 23.2 Å². The molecule has 1 aliphatic carbocycles. The van der Waals surface area contributed by atoms with Crippen LogP contribution in [-0.4, -0.2) is 40.3 Å². The van der Waals surface area contributed by atoms with Gasteiger partial charge in [0.25, 0.3) is 0 Å². The maximum atomic E-state index is 12.4. The van der Waals surface area contributed by atoms with Crippen LogP contribution in [0.15, 0.2) is 18.2 Å². The topological polar surface area (TPSA) is 75.7 Å². The quantitative estimate of drug-likeness (QED) is 0.760. The summed E-state index contributed by atoms with van der Waals surface area (Å²) in [6.45, 7) is -0.266. The minimum absolute atomic E-state index is 0.121. The molecular formula is C17H25ClN2O4S. The number of anilines is 1. The summed E-state index contributed by atoms with van der Waals surface area (Å²) in [6.07, 6.45) is 7.52. The number of hydrogen-bond donors (Lipinski definition) is 1. The minimum atomic E-state index is -3.62. The van der Waals surface area contributed by atoms with Crippen LogP contribution >= 0.6 is 11.6 Å². The number of rotatable bonds is 6. The third-order valence-electron chi connectivity index (χ3n) is 4.33. The van der Waals surface area contributed by atoms with Crippen LogP contribution in [0.25, 0.3) is 0 Å². The van der Waals surface area contributed by atoms with Crippen molar-refractivity contribution in [3.8, 4) is 5.75 Å². The molecule has 1 fully saturated rings. The van der Waals surface area contributed by atoms with Crippen LogP contribution in [-0.2, 0) is 14.8 Å². The van der Waals surface area contributed by atoms with E-state index in [0.29, 0.717) is 11.4 Å². The van der Waals surface area contributed by atoms with Gasteiger partial charge in [-0.15, -0.1) is 0 Å². The van der Waals surface area contributed by atoms with E-state index < -0.39 is 10.0 Å². The lowest BCUT2D eigenvalue weighted by molar-refractivity contribution is -0.120. The van der Waals surface area contributed by atoms with Gasteiger partial charge in [0, 0.05) is 6.04 Å². The molecule has 2 rings (SSSR count). The Hall–Kier alpha value is -1.47. The van der Waals surface area contributed by atoms with Crippen LogP contribution in [0.2, 0.25) is 5.02 Å². The highest BCUT2D eigenvalue weighted by molar-refractivity contribution is 7.92. The van der Waals surface area contributed by atoms with E-state index in [1.807, 2.05) is 0 Å². The maximum absolute atomic E-state index is 12.4. The van der Waals surface area contributed by atoms with Crippen LogP contribution < -0.4 is 14.4 Å². The number of nitrogens with zero attached hydrogens (tertiary/aromatic N) is 1. The Bertz CT molecular complexity index is 701. The number of methoxy groups -OCH3 is 1. The summed E-state index contributed by atoms with van der Waals surface area (Å²) >= 11 is 6.09. The highest BCUT2D eigenvalue weighted by atomic mass is 35.5. The molecule has 6 nitrogen and oxygen atoms in total. The Kier molecular flexibility index (Phi) is 6.95. The first-order valence-corrected chi connectivity index (χ1v) is 10.6. The van der Waals surface area contributed by atoms with E-state index in [0.717, 1.165) is 36.2 Å². The van der Waals surface area contributed by atoms with E-state index in [-0.39, 0.29) is 23.5 Å². The Labute approximate surface area is 154 Å². The van der Waals surface area contributed by atoms with Gasteiger partial charge in [-0.2, -0.15) is 0 Å². The summed E-state index contributed by atoms with van der Waals surface area (Å²) in [5.41, 5.74) is 0.337. The molecule has 1 amide bonds. The van der Waals surface area contributed by atoms with Crippen LogP contribution in [0.5, 0.6) is 5.75 Å². The van der Waals surface area contributed by atoms with E-state index in [1.165, 1.54) is 26.0 Å². The molecule has 140 valence electrons. The zero-order chi connectivity index (χ0) is 18.4. The lowest BCUT2D eigenvalue weighted by atomic mass is 10.1. The average Bonchev–Trinajstić information content (AvgIpc) is 2.80. The fourth-order valence-corrected chi connectivity index (χ4v) is 4.14. The van der Waals surface area contributed by atoms with Gasteiger partial charge in [-0.05, 0) is 31.0 Å². The fraction of sp³-hybridized carbons (Fsp3) is 0.588. The zero-order valence-corrected chi connectivity index (χ0v) is 16.2. The third kappa shape index (κ3) is 5.78. The zero-order valence-electron chi connectivity index (χ0n) is 14.6. The van der Waals surface area contributed by atoms with Crippen LogP contribution in [0.4, 0.5) is 5.69 Å². The van der Waals surface area contributed by atoms with Crippen molar-refractivity contribution >= 4 is 33.2 Å². The fourth-order valence-electron chi connectivity index (χ4n) is 3.04. The summed E-state index contributed by atoms with van der Waals surface area (Å²) < 4.78 is 30.4. The molecule has 1 aromatic rings. The summed E-state index contributed by atoms with van der Waals surface area (Å²) in [5.74, 6) is 0.144. The highest BCUT2D eigenvalue weighted by Crippen LogP contribution is 2.30. The van der Waals surface area contributed by atoms with Crippen molar-refractivity contribution in [1.29, 1.82) is 0 Å². The van der Waals surface area contributed by atoms with E-state index in [2.05, 4.69) is 5.32 Å². The molecule has 1 N–H and O–H groups in total. The molecule has 0 atom stereocenters. The van der Waals surface area contributed by atoms with Crippen LogP contribution in [0.1, 0.15) is 38.5 Å². The molecule has 0 bridgehead atoms. The second-order valence-corrected chi connectivity index (χ2v) is 8.66. The van der Waals surface area contributed by atoms with E-state index in [1.54, 1.807) is 12.1 Å². The number of carbonyl (C=O) groups excluding carboxylic acids is 1. The third-order valence-corrected chi connectivity index (χ3v) is 5.77. The van der Waals surface area contributed by atoms with Gasteiger partial charge in [0.05, 0.1) is 24.1 Å². The molecule has 0 radical (unpaired) electrons. The number of nitrogens with one attached hydrogen (secondary N) is 1. The van der Waals surface area contributed by atoms with Gasteiger partial charge in [-0.3, -0.25) is 9.10 Å². The molecule has 1 aliphatic rings. The van der Waals surface area contributed by atoms with Gasteiger partial charge >= 0.3 is 0 Å². The standard InChI is InChI=1S/C17H25ClN2O4S/c1-24-16-10-9-14(11-15(16)18)20(25(2,22)23)12-17(21)19-13-7-5-3-4-6-8-13/h9-11,13H,3-8,12H2,1-2H3,(H,19,21). The van der Waals surface area contributed by atoms with Gasteiger partial charge in [0.15, 0.2) is 0 Å². The van der Waals surface area contributed by atoms with Crippen molar-refractivity contribution < 1.29 is 17.9 Å². The van der Waals surface area contributed by atoms with E-state index in [9.17, 15) is 13.2 Å². The van der Waals surface area contributed by atoms with Gasteiger partial charge in [0.2, 0.25) is 15.9 Å². The summed E-state index contributed by atoms with van der Waals surface area (Å²) in [7, 11) is -2.14. The number of ether oxygens (including phenoxy) is 1. The smallest absolute Gasteiger partial charge is 0.240 e. The number of sulfonamides is 1. The van der Waals surface area contributed by atoms with Crippen molar-refractivity contribution in [2.45, 2.75) is 44.6 Å². The maximum Gasteiger partial charge on any atom is 0.240 e. The summed E-state index contributed by atoms with van der Waals surface area (Å²) in [6, 6.07) is 4.76. The normalized spacial score (nSPS) is 16.1. The molecule has 0 aliphatic heterocycles. The van der Waals surface area contributed by atoms with Crippen LogP contribution in [0.3, 0.4) is 0 Å². The Balaban J connectivity index is 2.12. The van der Waals surface area contributed by atoms with Crippen molar-refractivity contribution in [3.63, 3.8) is 0 Å². The SMILES string of the molecule is COc1ccc(N(CC(=O)NC2CCCCCC2)S(C)(=O)=O)cc1Cl. The van der Waals surface area contributed by atoms with Crippen molar-refractivity contribution in [1.82, 2.24) is 5.32 Å². The minimum Gasteiger partial charge on any atom is -0.495 e. The summed E-state index contributed by atoms with van der Waals surface area (Å²) in [4.78, 5) is 12.4. The van der Waals surface area contributed by atoms with Gasteiger partial charge in [-0.25, -0.2) is 8.42 Å². The average molecular weight is 389 g/mol. The molecular weight excluding hydrogens is 364 g/mol. The predicted molar refractivity (Wildman–Crippen MR) is 99.8 cm³/mol. The molecule has 1 saturated carbocycles. The van der Waals surface area contributed by atoms with Crippen molar-refractivity contribution in [2.75, 3.05) is 24.2 Å². The second kappa shape index (κ2) is 8.76. The summed E-state index contributed by atoms with van der Waals surface area (Å²) in [5, 5.41) is 3.26. The van der Waals surface area contributed by atoms with E-state index in [4.69, 9.17) is 16.3 Å². The highest BCUT2D eigenvalue weighted by Gasteiger charge is 2.23. The molecule has 1 aromatic carbocycles. The molecule has 0 heterocycles. The number of amides is 1. The molecule has 0 unspecified atom stereocenters. The van der Waals surface area contributed by atoms with Crippen molar-refractivity contribution in [2.24, 2.45) is 0 Å². The molecule has 8 heteroatoms. The lowest BCUT2D eigenvalue weighted by Gasteiger charge is -2.24. The van der Waals surface area contributed by atoms with Gasteiger partial charge < -0.3 is 10.1 Å². The first-order chi connectivity index (χ1) is 11.8. The first-order valence-electron chi connectivity index (χ1n) is 8.42. The molecule has 0 saturated heterocycles. The number of carbonyl (C=O) groups is 1. The first kappa shape index (κ1) is 19.8. The number of benzene rings is 1. The second-order valence-electron chi connectivity index (χ2n) is 6.34. The number of halogens is 1. The predicted octanol–water partition coefficient (Wildman–Crippen LogP) is 2.95.